The molecular formula is C20H21FN2O7. The van der Waals surface area contributed by atoms with Crippen molar-refractivity contribution in [1.29, 1.82) is 0 Å². The normalized spacial score (nSPS) is 11.3. The fourth-order valence-electron chi connectivity index (χ4n) is 2.50. The molecule has 1 N–H and O–H groups in total. The van der Waals surface area contributed by atoms with Crippen LogP contribution in [0.1, 0.15) is 29.8 Å². The van der Waals surface area contributed by atoms with Gasteiger partial charge in [0, 0.05) is 12.6 Å². The van der Waals surface area contributed by atoms with E-state index in [0.717, 1.165) is 12.1 Å². The highest BCUT2D eigenvalue weighted by atomic mass is 19.1. The SMILES string of the molecule is CCOc1cc([N+](=O)[O-])c(C(=O)OC(C)C(=O)NCc2ccc(F)cc2)cc1OC. The van der Waals surface area contributed by atoms with Gasteiger partial charge in [0.25, 0.3) is 11.6 Å². The molecule has 0 aliphatic carbocycles. The number of carbonyl (C=O) groups is 2. The van der Waals surface area contributed by atoms with Crippen molar-refractivity contribution in [3.8, 4) is 11.5 Å². The lowest BCUT2D eigenvalue weighted by Crippen LogP contribution is -2.35. The molecule has 0 fully saturated rings. The lowest BCUT2D eigenvalue weighted by Gasteiger charge is -2.15. The third kappa shape index (κ3) is 5.66. The first kappa shape index (κ1) is 22.6. The number of methoxy groups -OCH3 is 1. The smallest absolute Gasteiger partial charge is 0.346 e. The van der Waals surface area contributed by atoms with E-state index >= 15 is 0 Å². The van der Waals surface area contributed by atoms with E-state index in [1.54, 1.807) is 6.92 Å². The van der Waals surface area contributed by atoms with Gasteiger partial charge in [-0.2, -0.15) is 0 Å². The summed E-state index contributed by atoms with van der Waals surface area (Å²) in [6, 6.07) is 7.71. The van der Waals surface area contributed by atoms with Gasteiger partial charge in [-0.05, 0) is 31.5 Å². The van der Waals surface area contributed by atoms with Gasteiger partial charge in [0.1, 0.15) is 11.4 Å². The Kier molecular flexibility index (Phi) is 7.68. The van der Waals surface area contributed by atoms with Gasteiger partial charge in [-0.3, -0.25) is 14.9 Å². The van der Waals surface area contributed by atoms with Gasteiger partial charge in [0.05, 0.1) is 24.7 Å². The molecule has 0 saturated heterocycles. The molecule has 1 unspecified atom stereocenters. The van der Waals surface area contributed by atoms with E-state index in [4.69, 9.17) is 14.2 Å². The number of nitrogens with zero attached hydrogens (tertiary/aromatic N) is 1. The van der Waals surface area contributed by atoms with E-state index in [0.29, 0.717) is 5.56 Å². The minimum atomic E-state index is -1.23. The molecule has 160 valence electrons. The summed E-state index contributed by atoms with van der Waals surface area (Å²) in [5, 5.41) is 13.9. The number of halogens is 1. The minimum Gasteiger partial charge on any atom is -0.493 e. The van der Waals surface area contributed by atoms with Crippen molar-refractivity contribution in [2.75, 3.05) is 13.7 Å². The van der Waals surface area contributed by atoms with Crippen molar-refractivity contribution in [1.82, 2.24) is 5.32 Å². The first-order chi connectivity index (χ1) is 14.3. The zero-order valence-electron chi connectivity index (χ0n) is 16.6. The summed E-state index contributed by atoms with van der Waals surface area (Å²) in [4.78, 5) is 35.3. The van der Waals surface area contributed by atoms with E-state index in [1.807, 2.05) is 0 Å². The summed E-state index contributed by atoms with van der Waals surface area (Å²) in [5.74, 6) is -1.86. The van der Waals surface area contributed by atoms with Crippen molar-refractivity contribution in [2.45, 2.75) is 26.5 Å². The van der Waals surface area contributed by atoms with E-state index in [2.05, 4.69) is 5.32 Å². The highest BCUT2D eigenvalue weighted by molar-refractivity contribution is 5.96. The number of rotatable bonds is 9. The lowest BCUT2D eigenvalue weighted by atomic mass is 10.1. The fourth-order valence-corrected chi connectivity index (χ4v) is 2.50. The molecule has 2 aromatic rings. The Bertz CT molecular complexity index is 931. The van der Waals surface area contributed by atoms with Crippen LogP contribution in [0.5, 0.6) is 11.5 Å². The predicted octanol–water partition coefficient (Wildman–Crippen LogP) is 3.00. The van der Waals surface area contributed by atoms with Crippen LogP contribution in [-0.2, 0) is 16.1 Å². The molecule has 0 spiro atoms. The maximum Gasteiger partial charge on any atom is 0.346 e. The molecule has 1 amide bonds. The molecule has 0 aromatic heterocycles. The second kappa shape index (κ2) is 10.2. The first-order valence-corrected chi connectivity index (χ1v) is 8.99. The fraction of sp³-hybridized carbons (Fsp3) is 0.300. The maximum atomic E-state index is 12.9. The zero-order valence-corrected chi connectivity index (χ0v) is 16.6. The second-order valence-corrected chi connectivity index (χ2v) is 6.10. The molecule has 30 heavy (non-hydrogen) atoms. The van der Waals surface area contributed by atoms with E-state index in [1.165, 1.54) is 38.3 Å². The molecule has 0 saturated carbocycles. The van der Waals surface area contributed by atoms with Gasteiger partial charge in [0.15, 0.2) is 17.6 Å². The Morgan fingerprint density at radius 2 is 1.87 bits per heavy atom. The zero-order chi connectivity index (χ0) is 22.3. The Balaban J connectivity index is 2.12. The lowest BCUT2D eigenvalue weighted by molar-refractivity contribution is -0.385. The molecular weight excluding hydrogens is 399 g/mol. The van der Waals surface area contributed by atoms with Crippen molar-refractivity contribution in [3.05, 3.63) is 63.5 Å². The van der Waals surface area contributed by atoms with Gasteiger partial charge >= 0.3 is 5.97 Å². The Hall–Kier alpha value is -3.69. The number of esters is 1. The van der Waals surface area contributed by atoms with Crippen LogP contribution in [0.4, 0.5) is 10.1 Å². The van der Waals surface area contributed by atoms with Gasteiger partial charge in [-0.15, -0.1) is 0 Å². The summed E-state index contributed by atoms with van der Waals surface area (Å²) in [6.45, 7) is 3.36. The number of nitro groups is 1. The summed E-state index contributed by atoms with van der Waals surface area (Å²) >= 11 is 0. The first-order valence-electron chi connectivity index (χ1n) is 8.99. The molecule has 1 atom stereocenters. The molecule has 0 heterocycles. The van der Waals surface area contributed by atoms with Crippen LogP contribution in [0.15, 0.2) is 36.4 Å². The molecule has 9 nitrogen and oxygen atoms in total. The highest BCUT2D eigenvalue weighted by Gasteiger charge is 2.28. The predicted molar refractivity (Wildman–Crippen MR) is 104 cm³/mol. The monoisotopic (exact) mass is 420 g/mol. The van der Waals surface area contributed by atoms with Crippen molar-refractivity contribution in [2.24, 2.45) is 0 Å². The number of hydrogen-bond acceptors (Lipinski definition) is 7. The van der Waals surface area contributed by atoms with Crippen LogP contribution >= 0.6 is 0 Å². The van der Waals surface area contributed by atoms with Gasteiger partial charge in [-0.1, -0.05) is 12.1 Å². The maximum absolute atomic E-state index is 12.9. The van der Waals surface area contributed by atoms with Gasteiger partial charge < -0.3 is 19.5 Å². The van der Waals surface area contributed by atoms with Gasteiger partial charge in [0.2, 0.25) is 0 Å². The minimum absolute atomic E-state index is 0.0953. The van der Waals surface area contributed by atoms with Crippen molar-refractivity contribution >= 4 is 17.6 Å². The summed E-state index contributed by atoms with van der Waals surface area (Å²) in [6.07, 6.45) is -1.23. The number of nitro benzene ring substituents is 1. The standard InChI is InChI=1S/C20H21FN2O7/c1-4-29-18-10-16(23(26)27)15(9-17(18)28-3)20(25)30-12(2)19(24)22-11-13-5-7-14(21)8-6-13/h5-10,12H,4,11H2,1-3H3,(H,22,24). The van der Waals surface area contributed by atoms with Crippen LogP contribution in [0.2, 0.25) is 0 Å². The number of amides is 1. The van der Waals surface area contributed by atoms with Gasteiger partial charge in [-0.25, -0.2) is 9.18 Å². The summed E-state index contributed by atoms with van der Waals surface area (Å²) in [5.41, 5.74) is -0.267. The van der Waals surface area contributed by atoms with Crippen LogP contribution in [0.3, 0.4) is 0 Å². The number of benzene rings is 2. The largest absolute Gasteiger partial charge is 0.493 e. The van der Waals surface area contributed by atoms with Crippen LogP contribution in [0, 0.1) is 15.9 Å². The Morgan fingerprint density at radius 1 is 1.20 bits per heavy atom. The summed E-state index contributed by atoms with van der Waals surface area (Å²) in [7, 11) is 1.32. The molecule has 10 heteroatoms. The average molecular weight is 420 g/mol. The van der Waals surface area contributed by atoms with Crippen molar-refractivity contribution in [3.63, 3.8) is 0 Å². The van der Waals surface area contributed by atoms with Crippen LogP contribution < -0.4 is 14.8 Å². The Morgan fingerprint density at radius 3 is 2.43 bits per heavy atom. The molecule has 2 rings (SSSR count). The van der Waals surface area contributed by atoms with Crippen LogP contribution in [0.25, 0.3) is 0 Å². The molecule has 0 radical (unpaired) electrons. The molecule has 0 aliphatic heterocycles. The molecule has 2 aromatic carbocycles. The number of nitrogens with one attached hydrogen (secondary N) is 1. The number of ether oxygens (including phenoxy) is 3. The summed E-state index contributed by atoms with van der Waals surface area (Å²) < 4.78 is 28.4. The Labute approximate surface area is 171 Å². The number of carbonyl (C=O) groups excluding carboxylic acids is 2. The van der Waals surface area contributed by atoms with E-state index in [-0.39, 0.29) is 30.2 Å². The quantitative estimate of drug-likeness (QED) is 0.376. The molecule has 0 aliphatic rings. The second-order valence-electron chi connectivity index (χ2n) is 6.10. The third-order valence-electron chi connectivity index (χ3n) is 4.03. The topological polar surface area (TPSA) is 117 Å². The van der Waals surface area contributed by atoms with E-state index < -0.39 is 34.4 Å². The molecule has 0 bridgehead atoms. The van der Waals surface area contributed by atoms with E-state index in [9.17, 15) is 24.1 Å². The third-order valence-corrected chi connectivity index (χ3v) is 4.03. The average Bonchev–Trinajstić information content (AvgIpc) is 2.72. The highest BCUT2D eigenvalue weighted by Crippen LogP contribution is 2.35. The van der Waals surface area contributed by atoms with Crippen molar-refractivity contribution < 1.29 is 33.1 Å². The number of hydrogen-bond donors (Lipinski definition) is 1. The van der Waals surface area contributed by atoms with Crippen LogP contribution in [-0.4, -0.2) is 36.6 Å².